The molecule has 0 bridgehead atoms. The van der Waals surface area contributed by atoms with Gasteiger partial charge in [-0.15, -0.1) is 11.3 Å². The third-order valence-corrected chi connectivity index (χ3v) is 8.23. The van der Waals surface area contributed by atoms with Gasteiger partial charge in [0, 0.05) is 18.7 Å². The highest BCUT2D eigenvalue weighted by molar-refractivity contribution is 7.21. The maximum atomic E-state index is 12.8. The van der Waals surface area contributed by atoms with Gasteiger partial charge in [0.2, 0.25) is 5.95 Å². The number of nitrogens with zero attached hydrogens (tertiary/aromatic N) is 4. The largest absolute Gasteiger partial charge is 0.396 e. The van der Waals surface area contributed by atoms with E-state index in [0.717, 1.165) is 32.9 Å². The summed E-state index contributed by atoms with van der Waals surface area (Å²) in [5, 5.41) is 27.3. The van der Waals surface area contributed by atoms with E-state index in [-0.39, 0.29) is 18.4 Å². The van der Waals surface area contributed by atoms with Crippen molar-refractivity contribution in [1.29, 1.82) is 0 Å². The summed E-state index contributed by atoms with van der Waals surface area (Å²) in [5.74, 6) is 0.0209. The first kappa shape index (κ1) is 26.1. The molecule has 3 heterocycles. The van der Waals surface area contributed by atoms with Gasteiger partial charge in [-0.25, -0.2) is 9.97 Å². The maximum Gasteiger partial charge on any atom is 0.225 e. The van der Waals surface area contributed by atoms with Crippen molar-refractivity contribution in [2.24, 2.45) is 5.92 Å². The standard InChI is InChI=1S/C28H32N6O3S/c1-5-17-6-8-18(9-7-17)14(2)30-28-31-15(3)22(27-33-23-16(4)29-11-10-21(23)38-27)26(34-28)32-20-12-19(13-35)24(36)25(20)37/h6-11,14,19-20,24,35-36H,5,12-13H2,1-4H3,(H2,30,31,32,34)/t14-,19-,20?,24-/m1/s1. The van der Waals surface area contributed by atoms with Crippen molar-refractivity contribution in [3.05, 3.63) is 59.0 Å². The summed E-state index contributed by atoms with van der Waals surface area (Å²) >= 11 is 1.51. The van der Waals surface area contributed by atoms with E-state index in [0.29, 0.717) is 29.4 Å². The van der Waals surface area contributed by atoms with Crippen molar-refractivity contribution < 1.29 is 15.0 Å². The Morgan fingerprint density at radius 2 is 1.87 bits per heavy atom. The molecule has 4 N–H and O–H groups in total. The van der Waals surface area contributed by atoms with Crippen molar-refractivity contribution in [1.82, 2.24) is 19.9 Å². The molecule has 198 valence electrons. The number of thiazole rings is 1. The van der Waals surface area contributed by atoms with E-state index in [4.69, 9.17) is 15.0 Å². The Hall–Kier alpha value is -3.47. The van der Waals surface area contributed by atoms with Gasteiger partial charge in [-0.2, -0.15) is 4.98 Å². The zero-order valence-electron chi connectivity index (χ0n) is 21.9. The fourth-order valence-corrected chi connectivity index (χ4v) is 5.97. The number of hydrogen-bond donors (Lipinski definition) is 4. The summed E-state index contributed by atoms with van der Waals surface area (Å²) in [5.41, 5.74) is 5.43. The van der Waals surface area contributed by atoms with E-state index in [1.165, 1.54) is 16.9 Å². The molecule has 1 saturated carbocycles. The number of carbonyl (C=O) groups is 1. The van der Waals surface area contributed by atoms with Crippen LogP contribution in [0.25, 0.3) is 20.8 Å². The van der Waals surface area contributed by atoms with Crippen LogP contribution in [0.3, 0.4) is 0 Å². The number of carbonyl (C=O) groups excluding carboxylic acids is 1. The second-order valence-corrected chi connectivity index (χ2v) is 10.8. The number of pyridine rings is 1. The summed E-state index contributed by atoms with van der Waals surface area (Å²) in [4.78, 5) is 31.5. The Bertz CT molecular complexity index is 1470. The molecule has 9 nitrogen and oxygen atoms in total. The van der Waals surface area contributed by atoms with E-state index in [1.807, 2.05) is 26.8 Å². The van der Waals surface area contributed by atoms with Crippen LogP contribution >= 0.6 is 11.3 Å². The Kier molecular flexibility index (Phi) is 7.38. The van der Waals surface area contributed by atoms with Crippen molar-refractivity contribution in [3.8, 4) is 10.6 Å². The van der Waals surface area contributed by atoms with Crippen LogP contribution in [-0.2, 0) is 11.2 Å². The van der Waals surface area contributed by atoms with Gasteiger partial charge in [-0.05, 0) is 50.8 Å². The zero-order valence-corrected chi connectivity index (χ0v) is 22.7. The Labute approximate surface area is 225 Å². The molecule has 0 aliphatic heterocycles. The number of benzene rings is 1. The molecule has 0 amide bonds. The summed E-state index contributed by atoms with van der Waals surface area (Å²) in [6.45, 7) is 7.73. The van der Waals surface area contributed by atoms with Crippen molar-refractivity contribution in [2.45, 2.75) is 58.7 Å². The summed E-state index contributed by atoms with van der Waals surface area (Å²) < 4.78 is 0.997. The van der Waals surface area contributed by atoms with Gasteiger partial charge in [0.05, 0.1) is 33.7 Å². The Morgan fingerprint density at radius 3 is 2.53 bits per heavy atom. The molecule has 10 heteroatoms. The van der Waals surface area contributed by atoms with Gasteiger partial charge in [0.1, 0.15) is 22.4 Å². The molecular weight excluding hydrogens is 500 g/mol. The number of aromatic nitrogens is 4. The molecule has 1 aliphatic rings. The highest BCUT2D eigenvalue weighted by Crippen LogP contribution is 2.38. The fourth-order valence-electron chi connectivity index (χ4n) is 4.86. The zero-order chi connectivity index (χ0) is 27.0. The number of hydrogen-bond acceptors (Lipinski definition) is 10. The predicted octanol–water partition coefficient (Wildman–Crippen LogP) is 4.22. The minimum atomic E-state index is -1.20. The molecule has 0 radical (unpaired) electrons. The summed E-state index contributed by atoms with van der Waals surface area (Å²) in [7, 11) is 0. The second-order valence-electron chi connectivity index (χ2n) is 9.80. The molecule has 4 atom stereocenters. The van der Waals surface area contributed by atoms with E-state index in [1.54, 1.807) is 6.20 Å². The molecule has 0 spiro atoms. The van der Waals surface area contributed by atoms with Crippen molar-refractivity contribution >= 4 is 39.1 Å². The average molecular weight is 533 g/mol. The van der Waals surface area contributed by atoms with E-state index >= 15 is 0 Å². The van der Waals surface area contributed by atoms with Crippen molar-refractivity contribution in [2.75, 3.05) is 17.2 Å². The smallest absolute Gasteiger partial charge is 0.225 e. The van der Waals surface area contributed by atoms with Crippen LogP contribution in [-0.4, -0.2) is 54.7 Å². The number of Topliss-reactive ketones (excluding diaryl/α,β-unsaturated/α-hetero) is 1. The lowest BCUT2D eigenvalue weighted by molar-refractivity contribution is -0.126. The molecule has 3 aromatic heterocycles. The van der Waals surface area contributed by atoms with Crippen LogP contribution in [0.5, 0.6) is 0 Å². The molecule has 4 aromatic rings. The number of fused-ring (bicyclic) bond motifs is 1. The molecule has 1 unspecified atom stereocenters. The Balaban J connectivity index is 1.53. The molecule has 38 heavy (non-hydrogen) atoms. The number of aryl methyl sites for hydroxylation is 3. The minimum absolute atomic E-state index is 0.0520. The highest BCUT2D eigenvalue weighted by Gasteiger charge is 2.41. The van der Waals surface area contributed by atoms with Crippen molar-refractivity contribution in [3.63, 3.8) is 0 Å². The van der Waals surface area contributed by atoms with E-state index < -0.39 is 18.1 Å². The molecule has 0 saturated heterocycles. The van der Waals surface area contributed by atoms with Crippen LogP contribution in [0.2, 0.25) is 0 Å². The molecule has 5 rings (SSSR count). The quantitative estimate of drug-likeness (QED) is 0.263. The van der Waals surface area contributed by atoms with Crippen LogP contribution in [0.15, 0.2) is 36.5 Å². The molecule has 1 aliphatic carbocycles. The number of ketones is 1. The lowest BCUT2D eigenvalue weighted by Crippen LogP contribution is -2.31. The van der Waals surface area contributed by atoms with Crippen LogP contribution in [0, 0.1) is 19.8 Å². The lowest BCUT2D eigenvalue weighted by Gasteiger charge is -2.20. The van der Waals surface area contributed by atoms with Crippen LogP contribution in [0.1, 0.15) is 48.8 Å². The normalized spacial score (nSPS) is 20.2. The highest BCUT2D eigenvalue weighted by atomic mass is 32.1. The van der Waals surface area contributed by atoms with E-state index in [9.17, 15) is 15.0 Å². The van der Waals surface area contributed by atoms with Gasteiger partial charge >= 0.3 is 0 Å². The maximum absolute atomic E-state index is 12.8. The third kappa shape index (κ3) is 4.99. The predicted molar refractivity (Wildman–Crippen MR) is 149 cm³/mol. The first-order valence-corrected chi connectivity index (χ1v) is 13.7. The van der Waals surface area contributed by atoms with Gasteiger partial charge in [-0.3, -0.25) is 9.78 Å². The minimum Gasteiger partial charge on any atom is -0.396 e. The summed E-state index contributed by atoms with van der Waals surface area (Å²) in [6.07, 6.45) is 1.85. The number of rotatable bonds is 8. The lowest BCUT2D eigenvalue weighted by atomic mass is 10.1. The molecule has 1 aromatic carbocycles. The molecular formula is C28H32N6O3S. The fraction of sp³-hybridized carbons (Fsp3) is 0.393. The first-order chi connectivity index (χ1) is 18.3. The molecule has 1 fully saturated rings. The third-order valence-electron chi connectivity index (χ3n) is 7.19. The van der Waals surface area contributed by atoms with Crippen LogP contribution < -0.4 is 10.6 Å². The first-order valence-electron chi connectivity index (χ1n) is 12.8. The van der Waals surface area contributed by atoms with Crippen LogP contribution in [0.4, 0.5) is 11.8 Å². The Morgan fingerprint density at radius 1 is 1.11 bits per heavy atom. The van der Waals surface area contributed by atoms with Gasteiger partial charge < -0.3 is 20.8 Å². The second kappa shape index (κ2) is 10.7. The van der Waals surface area contributed by atoms with Gasteiger partial charge in [0.25, 0.3) is 0 Å². The monoisotopic (exact) mass is 532 g/mol. The SMILES string of the molecule is CCc1ccc([C@@H](C)Nc2nc(C)c(-c3nc4c(C)nccc4s3)c(NC3C[C@H](CO)[C@@H](O)C3=O)n2)cc1. The average Bonchev–Trinajstić information content (AvgIpc) is 3.45. The summed E-state index contributed by atoms with van der Waals surface area (Å²) in [6, 6.07) is 9.63. The number of aliphatic hydroxyl groups excluding tert-OH is 2. The number of aliphatic hydroxyl groups is 2. The number of anilines is 2. The topological polar surface area (TPSA) is 133 Å². The van der Waals surface area contributed by atoms with Gasteiger partial charge in [-0.1, -0.05) is 31.2 Å². The number of nitrogens with one attached hydrogen (secondary N) is 2. The van der Waals surface area contributed by atoms with E-state index in [2.05, 4.69) is 46.8 Å². The van der Waals surface area contributed by atoms with Gasteiger partial charge in [0.15, 0.2) is 5.78 Å².